The highest BCUT2D eigenvalue weighted by Gasteiger charge is 2.36. The third-order valence-electron chi connectivity index (χ3n) is 4.70. The van der Waals surface area contributed by atoms with E-state index in [9.17, 15) is 14.7 Å². The van der Waals surface area contributed by atoms with Crippen LogP contribution in [0.4, 0.5) is 0 Å². The number of carboxylic acids is 1. The number of hydrogen-bond acceptors (Lipinski definition) is 3. The number of carboxylic acid groups (broad SMARTS) is 1. The van der Waals surface area contributed by atoms with Crippen molar-refractivity contribution in [1.29, 1.82) is 0 Å². The maximum atomic E-state index is 12.5. The molecule has 2 aliphatic rings. The zero-order valence-electron chi connectivity index (χ0n) is 13.2. The highest BCUT2D eigenvalue weighted by Crippen LogP contribution is 2.32. The molecule has 1 aliphatic carbocycles. The lowest BCUT2D eigenvalue weighted by molar-refractivity contribution is -0.147. The van der Waals surface area contributed by atoms with Crippen molar-refractivity contribution >= 4 is 23.5 Å². The third kappa shape index (κ3) is 3.62. The maximum Gasteiger partial charge on any atom is 0.307 e. The van der Waals surface area contributed by atoms with Gasteiger partial charge in [-0.3, -0.25) is 9.59 Å². The molecule has 0 unspecified atom stereocenters. The number of nitrogens with one attached hydrogen (secondary N) is 1. The van der Waals surface area contributed by atoms with E-state index in [0.29, 0.717) is 18.2 Å². The first kappa shape index (κ1) is 17.0. The zero-order valence-corrected chi connectivity index (χ0v) is 14.0. The molecule has 1 aromatic rings. The van der Waals surface area contributed by atoms with Gasteiger partial charge in [0.2, 0.25) is 5.91 Å². The molecule has 0 bridgehead atoms. The largest absolute Gasteiger partial charge is 0.481 e. The van der Waals surface area contributed by atoms with E-state index < -0.39 is 17.8 Å². The Labute approximate surface area is 145 Å². The number of ether oxygens (including phenoxy) is 1. The molecule has 0 radical (unpaired) electrons. The van der Waals surface area contributed by atoms with Crippen molar-refractivity contribution < 1.29 is 19.4 Å². The number of benzene rings is 1. The van der Waals surface area contributed by atoms with Crippen LogP contribution in [0.25, 0.3) is 0 Å². The van der Waals surface area contributed by atoms with E-state index in [0.717, 1.165) is 12.0 Å². The van der Waals surface area contributed by atoms with Crippen molar-refractivity contribution in [1.82, 2.24) is 5.32 Å². The minimum absolute atomic E-state index is 0.197. The molecule has 0 spiro atoms. The normalized spacial score (nSPS) is 26.2. The van der Waals surface area contributed by atoms with Gasteiger partial charge in [0, 0.05) is 11.6 Å². The summed E-state index contributed by atoms with van der Waals surface area (Å²) in [6.07, 6.45) is 2.91. The molecule has 0 saturated heterocycles. The molecule has 24 heavy (non-hydrogen) atoms. The van der Waals surface area contributed by atoms with Gasteiger partial charge in [0.1, 0.15) is 6.10 Å². The third-order valence-corrected chi connectivity index (χ3v) is 5.01. The Morgan fingerprint density at radius 1 is 1.29 bits per heavy atom. The number of fused-ring (bicyclic) bond motifs is 1. The van der Waals surface area contributed by atoms with E-state index in [4.69, 9.17) is 16.3 Å². The van der Waals surface area contributed by atoms with Crippen LogP contribution in [0, 0.1) is 11.8 Å². The Bertz CT molecular complexity index is 673. The maximum absolute atomic E-state index is 12.5. The van der Waals surface area contributed by atoms with Gasteiger partial charge in [-0.05, 0) is 30.4 Å². The van der Waals surface area contributed by atoms with Gasteiger partial charge in [-0.25, -0.2) is 0 Å². The number of carbonyl (C=O) groups excluding carboxylic acids is 1. The highest BCUT2D eigenvalue weighted by atomic mass is 35.5. The Hall–Kier alpha value is -1.85. The van der Waals surface area contributed by atoms with E-state index in [1.54, 1.807) is 6.08 Å². The number of hydrogen-bond donors (Lipinski definition) is 2. The molecule has 3 atom stereocenters. The number of halogens is 1. The Kier molecular flexibility index (Phi) is 5.21. The van der Waals surface area contributed by atoms with Crippen molar-refractivity contribution in [3.63, 3.8) is 0 Å². The standard InChI is InChI=1S/C18H20ClNO4/c19-12-5-6-14(18(22)23)15(9-12)17(21)20-10-16-13-4-2-1-3-11(13)7-8-24-16/h1-5,14-16H,6-10H2,(H,20,21)(H,22,23)/t14-,15-,16+/m1/s1. The SMILES string of the molecule is O=C(O)[C@@H]1CC=C(Cl)C[C@H]1C(=O)NC[C@@H]1OCCc2ccccc21. The number of allylic oxidation sites excluding steroid dienone is 2. The minimum atomic E-state index is -0.963. The van der Waals surface area contributed by atoms with Crippen LogP contribution in [0.5, 0.6) is 0 Å². The van der Waals surface area contributed by atoms with Crippen molar-refractivity contribution in [3.8, 4) is 0 Å². The molecule has 128 valence electrons. The van der Waals surface area contributed by atoms with Gasteiger partial charge >= 0.3 is 5.97 Å². The van der Waals surface area contributed by atoms with Gasteiger partial charge in [-0.1, -0.05) is 41.9 Å². The van der Waals surface area contributed by atoms with Gasteiger partial charge in [0.05, 0.1) is 18.4 Å². The molecule has 0 saturated carbocycles. The lowest BCUT2D eigenvalue weighted by Gasteiger charge is -2.29. The molecule has 0 aromatic heterocycles. The Morgan fingerprint density at radius 3 is 2.88 bits per heavy atom. The van der Waals surface area contributed by atoms with E-state index in [-0.39, 0.29) is 24.9 Å². The Morgan fingerprint density at radius 2 is 2.08 bits per heavy atom. The van der Waals surface area contributed by atoms with E-state index >= 15 is 0 Å². The fourth-order valence-corrected chi connectivity index (χ4v) is 3.63. The summed E-state index contributed by atoms with van der Waals surface area (Å²) in [6, 6.07) is 8.02. The molecule has 1 amide bonds. The number of carbonyl (C=O) groups is 2. The van der Waals surface area contributed by atoms with Crippen LogP contribution in [-0.4, -0.2) is 30.1 Å². The summed E-state index contributed by atoms with van der Waals surface area (Å²) in [6.45, 7) is 0.952. The first-order valence-electron chi connectivity index (χ1n) is 8.10. The molecule has 0 fully saturated rings. The van der Waals surface area contributed by atoms with Crippen LogP contribution in [0.2, 0.25) is 0 Å². The topological polar surface area (TPSA) is 75.6 Å². The van der Waals surface area contributed by atoms with Gasteiger partial charge in [-0.2, -0.15) is 0 Å². The van der Waals surface area contributed by atoms with Crippen LogP contribution in [0.1, 0.15) is 30.1 Å². The van der Waals surface area contributed by atoms with Crippen molar-refractivity contribution in [2.75, 3.05) is 13.2 Å². The summed E-state index contributed by atoms with van der Waals surface area (Å²) < 4.78 is 5.77. The molecular weight excluding hydrogens is 330 g/mol. The second-order valence-electron chi connectivity index (χ2n) is 6.20. The predicted molar refractivity (Wildman–Crippen MR) is 89.6 cm³/mol. The van der Waals surface area contributed by atoms with Crippen LogP contribution >= 0.6 is 11.6 Å². The fraction of sp³-hybridized carbons (Fsp3) is 0.444. The fourth-order valence-electron chi connectivity index (χ4n) is 3.37. The molecule has 1 heterocycles. The summed E-state index contributed by atoms with van der Waals surface area (Å²) >= 11 is 6.00. The smallest absolute Gasteiger partial charge is 0.307 e. The lowest BCUT2D eigenvalue weighted by atomic mass is 9.82. The quantitative estimate of drug-likeness (QED) is 0.876. The second kappa shape index (κ2) is 7.36. The van der Waals surface area contributed by atoms with Gasteiger partial charge in [-0.15, -0.1) is 0 Å². The van der Waals surface area contributed by atoms with E-state index in [2.05, 4.69) is 11.4 Å². The molecule has 5 nitrogen and oxygen atoms in total. The summed E-state index contributed by atoms with van der Waals surface area (Å²) in [5, 5.41) is 12.7. The molecule has 2 N–H and O–H groups in total. The van der Waals surface area contributed by atoms with Crippen molar-refractivity contribution in [2.45, 2.75) is 25.4 Å². The summed E-state index contributed by atoms with van der Waals surface area (Å²) in [7, 11) is 0. The van der Waals surface area contributed by atoms with Crippen LogP contribution < -0.4 is 5.32 Å². The molecule has 1 aliphatic heterocycles. The minimum Gasteiger partial charge on any atom is -0.481 e. The lowest BCUT2D eigenvalue weighted by Crippen LogP contribution is -2.41. The first-order valence-corrected chi connectivity index (χ1v) is 8.48. The van der Waals surface area contributed by atoms with Gasteiger partial charge < -0.3 is 15.2 Å². The molecular formula is C18H20ClNO4. The average molecular weight is 350 g/mol. The zero-order chi connectivity index (χ0) is 17.1. The molecule has 3 rings (SSSR count). The predicted octanol–water partition coefficient (Wildman–Crippen LogP) is 2.65. The summed E-state index contributed by atoms with van der Waals surface area (Å²) in [4.78, 5) is 23.9. The van der Waals surface area contributed by atoms with Gasteiger partial charge in [0.15, 0.2) is 0 Å². The van der Waals surface area contributed by atoms with E-state index in [1.807, 2.05) is 18.2 Å². The summed E-state index contributed by atoms with van der Waals surface area (Å²) in [5.74, 6) is -2.61. The molecule has 1 aromatic carbocycles. The number of rotatable bonds is 4. The molecule has 6 heteroatoms. The van der Waals surface area contributed by atoms with E-state index in [1.165, 1.54) is 5.56 Å². The van der Waals surface area contributed by atoms with Crippen LogP contribution in [0.3, 0.4) is 0 Å². The van der Waals surface area contributed by atoms with Crippen LogP contribution in [0.15, 0.2) is 35.4 Å². The first-order chi connectivity index (χ1) is 11.6. The number of amides is 1. The van der Waals surface area contributed by atoms with Crippen molar-refractivity contribution in [2.24, 2.45) is 11.8 Å². The van der Waals surface area contributed by atoms with Gasteiger partial charge in [0.25, 0.3) is 0 Å². The monoisotopic (exact) mass is 349 g/mol. The average Bonchev–Trinajstić information content (AvgIpc) is 2.59. The van der Waals surface area contributed by atoms with Crippen LogP contribution in [-0.2, 0) is 20.7 Å². The number of aliphatic carboxylic acids is 1. The summed E-state index contributed by atoms with van der Waals surface area (Å²) in [5.41, 5.74) is 2.32. The highest BCUT2D eigenvalue weighted by molar-refractivity contribution is 6.29. The Balaban J connectivity index is 1.65. The van der Waals surface area contributed by atoms with Crippen molar-refractivity contribution in [3.05, 3.63) is 46.5 Å². The second-order valence-corrected chi connectivity index (χ2v) is 6.68.